The van der Waals surface area contributed by atoms with Gasteiger partial charge in [0.25, 0.3) is 0 Å². The zero-order chi connectivity index (χ0) is 14.5. The highest BCUT2D eigenvalue weighted by Crippen LogP contribution is 2.26. The van der Waals surface area contributed by atoms with E-state index >= 15 is 0 Å². The first kappa shape index (κ1) is 14.6. The lowest BCUT2D eigenvalue weighted by Gasteiger charge is -2.29. The van der Waals surface area contributed by atoms with Crippen LogP contribution in [-0.4, -0.2) is 57.4 Å². The summed E-state index contributed by atoms with van der Waals surface area (Å²) in [6.45, 7) is 2.52. The molecular weight excluding hydrogens is 260 g/mol. The first-order chi connectivity index (χ1) is 9.61. The Morgan fingerprint density at radius 3 is 3.05 bits per heavy atom. The van der Waals surface area contributed by atoms with Crippen molar-refractivity contribution in [3.63, 3.8) is 0 Å². The molecule has 2 rings (SSSR count). The van der Waals surface area contributed by atoms with E-state index in [4.69, 9.17) is 19.9 Å². The third-order valence-corrected chi connectivity index (χ3v) is 3.21. The highest BCUT2D eigenvalue weighted by molar-refractivity contribution is 5.94. The third-order valence-electron chi connectivity index (χ3n) is 3.21. The number of carbonyl (C=O) groups is 1. The molecule has 1 aliphatic heterocycles. The summed E-state index contributed by atoms with van der Waals surface area (Å²) in [5.74, 6) is -0.106. The van der Waals surface area contributed by atoms with Gasteiger partial charge < -0.3 is 24.8 Å². The molecule has 0 aromatic heterocycles. The predicted octanol–water partition coefficient (Wildman–Crippen LogP) is 0.765. The highest BCUT2D eigenvalue weighted by Gasteiger charge is 2.21. The fourth-order valence-electron chi connectivity index (χ4n) is 2.16. The first-order valence-corrected chi connectivity index (χ1v) is 6.51. The Hall–Kier alpha value is -1.79. The van der Waals surface area contributed by atoms with Crippen molar-refractivity contribution in [3.8, 4) is 5.75 Å². The summed E-state index contributed by atoms with van der Waals surface area (Å²) in [6.07, 6.45) is -0.0928. The van der Waals surface area contributed by atoms with Crippen molar-refractivity contribution in [1.29, 1.82) is 0 Å². The average Bonchev–Trinajstić information content (AvgIpc) is 2.44. The number of hydrogen-bond donors (Lipinski definition) is 1. The number of esters is 1. The van der Waals surface area contributed by atoms with E-state index in [0.29, 0.717) is 23.6 Å². The van der Waals surface area contributed by atoms with Gasteiger partial charge in [0.1, 0.15) is 18.3 Å². The average molecular weight is 280 g/mol. The molecule has 0 radical (unpaired) electrons. The quantitative estimate of drug-likeness (QED) is 0.648. The van der Waals surface area contributed by atoms with Gasteiger partial charge in [-0.25, -0.2) is 4.79 Å². The van der Waals surface area contributed by atoms with E-state index in [0.717, 1.165) is 13.1 Å². The minimum Gasteiger partial charge on any atom is -0.494 e. The summed E-state index contributed by atoms with van der Waals surface area (Å²) >= 11 is 0. The van der Waals surface area contributed by atoms with Crippen LogP contribution in [-0.2, 0) is 9.47 Å². The van der Waals surface area contributed by atoms with Crippen LogP contribution in [0.5, 0.6) is 5.75 Å². The molecule has 0 spiro atoms. The van der Waals surface area contributed by atoms with Gasteiger partial charge in [-0.15, -0.1) is 0 Å². The second-order valence-electron chi connectivity index (χ2n) is 4.78. The van der Waals surface area contributed by atoms with Crippen LogP contribution in [0.4, 0.5) is 5.69 Å². The fourth-order valence-corrected chi connectivity index (χ4v) is 2.16. The number of ether oxygens (including phenoxy) is 3. The summed E-state index contributed by atoms with van der Waals surface area (Å²) in [7, 11) is 3.49. The molecule has 1 unspecified atom stereocenters. The Balaban J connectivity index is 1.96. The number of likely N-dealkylation sites (N-methyl/N-ethyl adjacent to an activating group) is 1. The number of hydrogen-bond acceptors (Lipinski definition) is 6. The highest BCUT2D eigenvalue weighted by atomic mass is 16.6. The van der Waals surface area contributed by atoms with Gasteiger partial charge in [-0.2, -0.15) is 0 Å². The minimum atomic E-state index is -0.453. The van der Waals surface area contributed by atoms with E-state index in [-0.39, 0.29) is 12.7 Å². The molecule has 6 heteroatoms. The van der Waals surface area contributed by atoms with Crippen LogP contribution in [0.3, 0.4) is 0 Å². The number of morpholine rings is 1. The van der Waals surface area contributed by atoms with Crippen molar-refractivity contribution in [2.45, 2.75) is 6.10 Å². The zero-order valence-electron chi connectivity index (χ0n) is 11.8. The van der Waals surface area contributed by atoms with Crippen LogP contribution in [0, 0.1) is 0 Å². The Kier molecular flexibility index (Phi) is 4.81. The lowest BCUT2D eigenvalue weighted by Crippen LogP contribution is -2.42. The van der Waals surface area contributed by atoms with E-state index in [9.17, 15) is 4.79 Å². The predicted molar refractivity (Wildman–Crippen MR) is 74.9 cm³/mol. The molecule has 1 aromatic rings. The standard InChI is InChI=1S/C14H20N2O4/c1-16-6-7-19-10(8-16)9-20-14(17)11-4-3-5-12(15)13(11)18-2/h3-5,10H,6-9,15H2,1-2H3. The van der Waals surface area contributed by atoms with Crippen molar-refractivity contribution in [2.75, 3.05) is 46.2 Å². The van der Waals surface area contributed by atoms with Crippen molar-refractivity contribution in [2.24, 2.45) is 0 Å². The maximum absolute atomic E-state index is 12.1. The number of rotatable bonds is 4. The molecule has 20 heavy (non-hydrogen) atoms. The smallest absolute Gasteiger partial charge is 0.342 e. The van der Waals surface area contributed by atoms with Crippen molar-refractivity contribution in [1.82, 2.24) is 4.90 Å². The lowest BCUT2D eigenvalue weighted by molar-refractivity contribution is -0.0528. The van der Waals surface area contributed by atoms with Gasteiger partial charge in [0, 0.05) is 13.1 Å². The zero-order valence-corrected chi connectivity index (χ0v) is 11.8. The summed E-state index contributed by atoms with van der Waals surface area (Å²) in [5.41, 5.74) is 6.51. The maximum Gasteiger partial charge on any atom is 0.342 e. The van der Waals surface area contributed by atoms with Crippen LogP contribution >= 0.6 is 0 Å². The molecule has 0 aliphatic carbocycles. The van der Waals surface area contributed by atoms with Gasteiger partial charge in [0.05, 0.1) is 19.4 Å². The monoisotopic (exact) mass is 280 g/mol. The van der Waals surface area contributed by atoms with Gasteiger partial charge in [0.2, 0.25) is 0 Å². The van der Waals surface area contributed by atoms with E-state index in [1.165, 1.54) is 7.11 Å². The van der Waals surface area contributed by atoms with Gasteiger partial charge in [-0.1, -0.05) is 6.07 Å². The first-order valence-electron chi connectivity index (χ1n) is 6.51. The Labute approximate surface area is 118 Å². The molecule has 0 saturated carbocycles. The molecule has 1 aliphatic rings. The second-order valence-corrected chi connectivity index (χ2v) is 4.78. The van der Waals surface area contributed by atoms with Crippen molar-refractivity contribution in [3.05, 3.63) is 23.8 Å². The number of nitrogens with two attached hydrogens (primary N) is 1. The van der Waals surface area contributed by atoms with Gasteiger partial charge in [-0.05, 0) is 19.2 Å². The number of anilines is 1. The molecule has 1 saturated heterocycles. The number of methoxy groups -OCH3 is 1. The molecule has 0 bridgehead atoms. The largest absolute Gasteiger partial charge is 0.494 e. The van der Waals surface area contributed by atoms with Gasteiger partial charge in [-0.3, -0.25) is 0 Å². The normalized spacial score (nSPS) is 19.6. The fraction of sp³-hybridized carbons (Fsp3) is 0.500. The van der Waals surface area contributed by atoms with Gasteiger partial charge in [0.15, 0.2) is 5.75 Å². The van der Waals surface area contributed by atoms with Crippen LogP contribution in [0.25, 0.3) is 0 Å². The van der Waals surface area contributed by atoms with Gasteiger partial charge >= 0.3 is 5.97 Å². The number of nitrogen functional groups attached to an aromatic ring is 1. The molecular formula is C14H20N2O4. The molecule has 1 heterocycles. The summed E-state index contributed by atoms with van der Waals surface area (Å²) in [6, 6.07) is 5.00. The molecule has 6 nitrogen and oxygen atoms in total. The topological polar surface area (TPSA) is 74.0 Å². The van der Waals surface area contributed by atoms with E-state index < -0.39 is 5.97 Å². The Bertz CT molecular complexity index is 478. The SMILES string of the molecule is COc1c(N)cccc1C(=O)OCC1CN(C)CCO1. The summed E-state index contributed by atoms with van der Waals surface area (Å²) in [4.78, 5) is 14.2. The Morgan fingerprint density at radius 2 is 2.35 bits per heavy atom. The Morgan fingerprint density at radius 1 is 1.55 bits per heavy atom. The molecule has 1 fully saturated rings. The number of nitrogens with zero attached hydrogens (tertiary/aromatic N) is 1. The van der Waals surface area contributed by atoms with Crippen molar-refractivity contribution < 1.29 is 19.0 Å². The molecule has 0 amide bonds. The van der Waals surface area contributed by atoms with E-state index in [1.54, 1.807) is 18.2 Å². The summed E-state index contributed by atoms with van der Waals surface area (Å²) < 4.78 is 16.0. The number of carbonyl (C=O) groups excluding carboxylic acids is 1. The number of para-hydroxylation sites is 1. The number of benzene rings is 1. The van der Waals surface area contributed by atoms with Crippen LogP contribution in [0.1, 0.15) is 10.4 Å². The summed E-state index contributed by atoms with van der Waals surface area (Å²) in [5, 5.41) is 0. The second kappa shape index (κ2) is 6.58. The van der Waals surface area contributed by atoms with Crippen LogP contribution < -0.4 is 10.5 Å². The van der Waals surface area contributed by atoms with Crippen LogP contribution in [0.2, 0.25) is 0 Å². The van der Waals surface area contributed by atoms with Crippen LogP contribution in [0.15, 0.2) is 18.2 Å². The third kappa shape index (κ3) is 3.40. The molecule has 2 N–H and O–H groups in total. The maximum atomic E-state index is 12.1. The molecule has 1 atom stereocenters. The van der Waals surface area contributed by atoms with Crippen molar-refractivity contribution >= 4 is 11.7 Å². The lowest BCUT2D eigenvalue weighted by atomic mass is 10.1. The van der Waals surface area contributed by atoms with E-state index in [2.05, 4.69) is 4.90 Å². The van der Waals surface area contributed by atoms with E-state index in [1.807, 2.05) is 7.05 Å². The molecule has 110 valence electrons. The minimum absolute atomic E-state index is 0.0928. The molecule has 1 aromatic carbocycles.